The third-order valence-corrected chi connectivity index (χ3v) is 7.87. The van der Waals surface area contributed by atoms with Gasteiger partial charge in [-0.15, -0.1) is 0 Å². The molecule has 0 atom stereocenters. The van der Waals surface area contributed by atoms with Crippen LogP contribution >= 0.6 is 23.2 Å². The van der Waals surface area contributed by atoms with Gasteiger partial charge in [-0.25, -0.2) is 13.8 Å². The third kappa shape index (κ3) is 7.00. The van der Waals surface area contributed by atoms with Crippen molar-refractivity contribution in [1.82, 2.24) is 5.43 Å². The Morgan fingerprint density at radius 1 is 1.03 bits per heavy atom. The molecule has 1 heterocycles. The zero-order chi connectivity index (χ0) is 28.0. The number of nitrogens with one attached hydrogen (secondary N) is 1. The SMILES string of the molecule is CCOc1ccc(S(=O)(=O)N(CC(=O)N/N=C\c2ccc(-c3ccc(Cl)cc3Cl)o2)c2ccc(C)cc2)cc1. The summed E-state index contributed by atoms with van der Waals surface area (Å²) in [7, 11) is -4.08. The highest BCUT2D eigenvalue weighted by atomic mass is 35.5. The first-order chi connectivity index (χ1) is 18.7. The Bertz CT molecular complexity index is 1580. The maximum Gasteiger partial charge on any atom is 0.264 e. The van der Waals surface area contributed by atoms with Gasteiger partial charge >= 0.3 is 0 Å². The molecule has 3 aromatic carbocycles. The standard InChI is InChI=1S/C28H25Cl2N3O5S/c1-3-37-22-9-12-24(13-10-22)39(35,36)33(21-7-4-19(2)5-8-21)18-28(34)32-31-17-23-11-15-27(38-23)25-14-6-20(29)16-26(25)30/h4-17H,3,18H2,1-2H3,(H,32,34)/b31-17-. The highest BCUT2D eigenvalue weighted by Crippen LogP contribution is 2.31. The number of aryl methyl sites for hydroxylation is 1. The van der Waals surface area contributed by atoms with Crippen LogP contribution in [0.2, 0.25) is 10.0 Å². The number of hydrazone groups is 1. The molecule has 1 aromatic heterocycles. The zero-order valence-corrected chi connectivity index (χ0v) is 23.4. The number of carbonyl (C=O) groups excluding carboxylic acids is 1. The molecule has 39 heavy (non-hydrogen) atoms. The average Bonchev–Trinajstić information content (AvgIpc) is 3.37. The van der Waals surface area contributed by atoms with Crippen LogP contribution in [0.15, 0.2) is 93.3 Å². The van der Waals surface area contributed by atoms with Gasteiger partial charge < -0.3 is 9.15 Å². The van der Waals surface area contributed by atoms with E-state index in [2.05, 4.69) is 10.5 Å². The van der Waals surface area contributed by atoms with Crippen LogP contribution in [-0.4, -0.2) is 33.7 Å². The minimum absolute atomic E-state index is 0.0202. The van der Waals surface area contributed by atoms with Gasteiger partial charge in [-0.2, -0.15) is 5.10 Å². The van der Waals surface area contributed by atoms with E-state index in [1.165, 1.54) is 18.3 Å². The Kier molecular flexibility index (Phi) is 8.96. The predicted octanol–water partition coefficient (Wildman–Crippen LogP) is 6.31. The molecule has 0 saturated carbocycles. The summed E-state index contributed by atoms with van der Waals surface area (Å²) in [5.41, 5.74) is 4.30. The lowest BCUT2D eigenvalue weighted by molar-refractivity contribution is -0.119. The zero-order valence-electron chi connectivity index (χ0n) is 21.1. The number of sulfonamides is 1. The highest BCUT2D eigenvalue weighted by Gasteiger charge is 2.27. The number of amides is 1. The predicted molar refractivity (Wildman–Crippen MR) is 153 cm³/mol. The smallest absolute Gasteiger partial charge is 0.264 e. The third-order valence-electron chi connectivity index (χ3n) is 5.54. The number of anilines is 1. The molecule has 0 radical (unpaired) electrons. The van der Waals surface area contributed by atoms with E-state index in [0.717, 1.165) is 9.87 Å². The fourth-order valence-corrected chi connectivity index (χ4v) is 5.54. The topological polar surface area (TPSA) is 101 Å². The number of hydrogen-bond acceptors (Lipinski definition) is 6. The molecule has 202 valence electrons. The van der Waals surface area contributed by atoms with Gasteiger partial charge in [0.1, 0.15) is 23.8 Å². The molecule has 0 saturated heterocycles. The van der Waals surface area contributed by atoms with Gasteiger partial charge in [0.2, 0.25) is 0 Å². The molecule has 4 rings (SSSR count). The largest absolute Gasteiger partial charge is 0.494 e. The van der Waals surface area contributed by atoms with Gasteiger partial charge in [0.25, 0.3) is 15.9 Å². The second-order valence-corrected chi connectivity index (χ2v) is 11.1. The maximum absolute atomic E-state index is 13.5. The van der Waals surface area contributed by atoms with Gasteiger partial charge in [0.05, 0.1) is 28.4 Å². The van der Waals surface area contributed by atoms with E-state index in [9.17, 15) is 13.2 Å². The van der Waals surface area contributed by atoms with Crippen molar-refractivity contribution >= 4 is 51.0 Å². The van der Waals surface area contributed by atoms with E-state index in [1.807, 2.05) is 13.8 Å². The van der Waals surface area contributed by atoms with Crippen molar-refractivity contribution in [1.29, 1.82) is 0 Å². The van der Waals surface area contributed by atoms with Gasteiger partial charge in [0, 0.05) is 10.6 Å². The number of nitrogens with zero attached hydrogens (tertiary/aromatic N) is 2. The molecule has 0 fully saturated rings. The van der Waals surface area contributed by atoms with E-state index in [0.29, 0.717) is 45.2 Å². The van der Waals surface area contributed by atoms with Crippen LogP contribution in [0.5, 0.6) is 5.75 Å². The Hall–Kier alpha value is -3.79. The summed E-state index contributed by atoms with van der Waals surface area (Å²) in [4.78, 5) is 12.8. The van der Waals surface area contributed by atoms with Gasteiger partial charge in [-0.05, 0) is 80.6 Å². The van der Waals surface area contributed by atoms with Crippen LogP contribution in [0.1, 0.15) is 18.2 Å². The van der Waals surface area contributed by atoms with Crippen LogP contribution in [0.3, 0.4) is 0 Å². The fourth-order valence-electron chi connectivity index (χ4n) is 3.62. The number of rotatable bonds is 10. The molecular weight excluding hydrogens is 561 g/mol. The number of furan rings is 1. The summed E-state index contributed by atoms with van der Waals surface area (Å²) in [5, 5.41) is 4.86. The number of benzene rings is 3. The molecule has 0 aliphatic carbocycles. The molecule has 11 heteroatoms. The maximum atomic E-state index is 13.5. The summed E-state index contributed by atoms with van der Waals surface area (Å²) in [6.45, 7) is 3.68. The lowest BCUT2D eigenvalue weighted by Gasteiger charge is -2.24. The van der Waals surface area contributed by atoms with E-state index in [4.69, 9.17) is 32.4 Å². The first-order valence-electron chi connectivity index (χ1n) is 11.9. The number of hydrogen-bond donors (Lipinski definition) is 1. The van der Waals surface area contributed by atoms with Crippen LogP contribution < -0.4 is 14.5 Å². The summed E-state index contributed by atoms with van der Waals surface area (Å²) < 4.78 is 39.2. The molecule has 0 aliphatic heterocycles. The molecular formula is C28H25Cl2N3O5S. The molecule has 1 amide bonds. The lowest BCUT2D eigenvalue weighted by atomic mass is 10.2. The van der Waals surface area contributed by atoms with Crippen molar-refractivity contribution in [3.8, 4) is 17.1 Å². The van der Waals surface area contributed by atoms with Crippen molar-refractivity contribution in [2.45, 2.75) is 18.7 Å². The van der Waals surface area contributed by atoms with Crippen molar-refractivity contribution in [2.75, 3.05) is 17.5 Å². The van der Waals surface area contributed by atoms with Gasteiger partial charge in [0.15, 0.2) is 0 Å². The number of ether oxygens (including phenoxy) is 1. The van der Waals surface area contributed by atoms with E-state index >= 15 is 0 Å². The molecule has 1 N–H and O–H groups in total. The quantitative estimate of drug-likeness (QED) is 0.174. The summed E-state index contributed by atoms with van der Waals surface area (Å²) in [5.74, 6) is 0.754. The van der Waals surface area contributed by atoms with Crippen molar-refractivity contribution in [3.05, 3.63) is 100 Å². The summed E-state index contributed by atoms with van der Waals surface area (Å²) in [6.07, 6.45) is 1.31. The van der Waals surface area contributed by atoms with Crippen LogP contribution in [0, 0.1) is 6.92 Å². The number of carbonyl (C=O) groups is 1. The van der Waals surface area contributed by atoms with E-state index < -0.39 is 22.5 Å². The monoisotopic (exact) mass is 585 g/mol. The molecule has 0 aliphatic rings. The second kappa shape index (κ2) is 12.4. The fraction of sp³-hybridized carbons (Fsp3) is 0.143. The highest BCUT2D eigenvalue weighted by molar-refractivity contribution is 7.92. The first kappa shape index (κ1) is 28.2. The van der Waals surface area contributed by atoms with Crippen LogP contribution in [0.4, 0.5) is 5.69 Å². The minimum atomic E-state index is -4.08. The Morgan fingerprint density at radius 3 is 2.41 bits per heavy atom. The molecule has 4 aromatic rings. The van der Waals surface area contributed by atoms with Gasteiger partial charge in [-0.1, -0.05) is 40.9 Å². The van der Waals surface area contributed by atoms with Gasteiger partial charge in [-0.3, -0.25) is 9.10 Å². The van der Waals surface area contributed by atoms with E-state index in [-0.39, 0.29) is 4.90 Å². The Morgan fingerprint density at radius 2 is 1.74 bits per heavy atom. The summed E-state index contributed by atoms with van der Waals surface area (Å²) >= 11 is 12.2. The van der Waals surface area contributed by atoms with Crippen LogP contribution in [-0.2, 0) is 14.8 Å². The normalized spacial score (nSPS) is 11.5. The van der Waals surface area contributed by atoms with Crippen molar-refractivity contribution < 1.29 is 22.4 Å². The first-order valence-corrected chi connectivity index (χ1v) is 14.1. The molecule has 0 spiro atoms. The second-order valence-electron chi connectivity index (χ2n) is 8.37. The van der Waals surface area contributed by atoms with Crippen molar-refractivity contribution in [3.63, 3.8) is 0 Å². The van der Waals surface area contributed by atoms with Crippen LogP contribution in [0.25, 0.3) is 11.3 Å². The van der Waals surface area contributed by atoms with Crippen molar-refractivity contribution in [2.24, 2.45) is 5.10 Å². The van der Waals surface area contributed by atoms with E-state index in [1.54, 1.807) is 66.7 Å². The Labute approximate surface area is 236 Å². The number of halogens is 2. The molecule has 0 unspecified atom stereocenters. The molecule has 0 bridgehead atoms. The summed E-state index contributed by atoms with van der Waals surface area (Å²) in [6, 6.07) is 21.3. The molecule has 8 nitrogen and oxygen atoms in total. The Balaban J connectivity index is 1.50. The minimum Gasteiger partial charge on any atom is -0.494 e. The average molecular weight is 586 g/mol. The lowest BCUT2D eigenvalue weighted by Crippen LogP contribution is -2.39.